The van der Waals surface area contributed by atoms with Crippen molar-refractivity contribution in [2.45, 2.75) is 96.2 Å². The lowest BCUT2D eigenvalue weighted by atomic mass is 9.91. The topological polar surface area (TPSA) is 117 Å². The fourth-order valence-corrected chi connectivity index (χ4v) is 5.89. The number of hydrogen-bond acceptors (Lipinski definition) is 6. The van der Waals surface area contributed by atoms with Crippen LogP contribution in [-0.2, 0) is 23.9 Å². The summed E-state index contributed by atoms with van der Waals surface area (Å²) in [4.78, 5) is 37.1. The summed E-state index contributed by atoms with van der Waals surface area (Å²) in [7, 11) is 5.16. The number of likely N-dealkylation sites (tertiary alicyclic amines) is 1. The van der Waals surface area contributed by atoms with Gasteiger partial charge in [0.1, 0.15) is 5.83 Å². The number of carbonyl (C=O) groups is 3. The number of methoxy groups -OCH3 is 2. The highest BCUT2D eigenvalue weighted by atomic mass is 19.1. The second kappa shape index (κ2) is 17.3. The van der Waals surface area contributed by atoms with Gasteiger partial charge in [-0.3, -0.25) is 14.4 Å². The van der Waals surface area contributed by atoms with Gasteiger partial charge in [0.15, 0.2) is 0 Å². The van der Waals surface area contributed by atoms with Crippen LogP contribution in [0.25, 0.3) is 0 Å². The smallest absolute Gasteiger partial charge is 0.290 e. The molecule has 0 aromatic heterocycles. The summed E-state index contributed by atoms with van der Waals surface area (Å²) in [5, 5.41) is 13.2. The Morgan fingerprint density at radius 2 is 1.80 bits per heavy atom. The molecule has 1 aliphatic heterocycles. The first-order chi connectivity index (χ1) is 18.9. The van der Waals surface area contributed by atoms with Gasteiger partial charge >= 0.3 is 0 Å². The first kappa shape index (κ1) is 35.5. The van der Waals surface area contributed by atoms with Crippen LogP contribution in [0, 0.1) is 17.8 Å². The van der Waals surface area contributed by atoms with E-state index < -0.39 is 17.8 Å². The van der Waals surface area contributed by atoms with E-state index in [0.717, 1.165) is 19.3 Å². The average molecular weight is 568 g/mol. The fourth-order valence-electron chi connectivity index (χ4n) is 5.89. The van der Waals surface area contributed by atoms with E-state index in [1.165, 1.54) is 6.08 Å². The lowest BCUT2D eigenvalue weighted by molar-refractivity contribution is -0.144. The molecule has 2 aliphatic rings. The molecule has 1 heterocycles. The van der Waals surface area contributed by atoms with Crippen LogP contribution in [0.1, 0.15) is 59.8 Å². The molecule has 1 saturated carbocycles. The van der Waals surface area contributed by atoms with Crippen molar-refractivity contribution in [1.82, 2.24) is 15.5 Å². The van der Waals surface area contributed by atoms with Crippen LogP contribution in [0.15, 0.2) is 36.7 Å². The number of halogens is 1. The molecule has 0 bridgehead atoms. The van der Waals surface area contributed by atoms with Crippen molar-refractivity contribution < 1.29 is 33.4 Å². The molecule has 1 saturated heterocycles. The Morgan fingerprint density at radius 1 is 1.18 bits per heavy atom. The zero-order valence-electron chi connectivity index (χ0n) is 25.2. The summed E-state index contributed by atoms with van der Waals surface area (Å²) < 4.78 is 25.4. The molecular formula is C30H50FN3O6. The number of rotatable bonds is 16. The summed E-state index contributed by atoms with van der Waals surface area (Å²) in [6, 6.07) is -0.198. The number of piperidine rings is 1. The molecule has 2 amide bonds. The van der Waals surface area contributed by atoms with Gasteiger partial charge in [-0.25, -0.2) is 4.39 Å². The molecule has 1 aliphatic carbocycles. The molecule has 0 radical (unpaired) electrons. The fraction of sp³-hybridized carbons (Fsp3) is 0.700. The molecule has 0 aromatic carbocycles. The normalized spacial score (nSPS) is 24.2. The summed E-state index contributed by atoms with van der Waals surface area (Å²) >= 11 is 0. The average Bonchev–Trinajstić information content (AvgIpc) is 3.57. The Labute approximate surface area is 239 Å². The molecule has 0 aromatic rings. The maximum Gasteiger partial charge on any atom is 0.290 e. The largest absolute Gasteiger partial charge is 0.483 e. The van der Waals surface area contributed by atoms with Gasteiger partial charge in [-0.2, -0.15) is 0 Å². The molecule has 9 nitrogen and oxygen atoms in total. The summed E-state index contributed by atoms with van der Waals surface area (Å²) in [6.45, 7) is 14.7. The van der Waals surface area contributed by atoms with Crippen molar-refractivity contribution >= 4 is 18.3 Å². The molecule has 3 N–H and O–H groups in total. The molecule has 228 valence electrons. The highest BCUT2D eigenvalue weighted by molar-refractivity contribution is 5.81. The highest BCUT2D eigenvalue weighted by Gasteiger charge is 2.57. The molecular weight excluding hydrogens is 517 g/mol. The molecule has 0 spiro atoms. The van der Waals surface area contributed by atoms with Gasteiger partial charge in [0.05, 0.1) is 30.6 Å². The Bertz CT molecular complexity index is 897. The molecule has 2 fully saturated rings. The van der Waals surface area contributed by atoms with Crippen molar-refractivity contribution in [1.29, 1.82) is 0 Å². The first-order valence-electron chi connectivity index (χ1n) is 14.0. The minimum Gasteiger partial charge on any atom is -0.483 e. The van der Waals surface area contributed by atoms with E-state index in [4.69, 9.17) is 19.4 Å². The number of likely N-dealkylation sites (N-methyl/N-ethyl adjacent to an activating group) is 1. The number of carboxylic acid groups (broad SMARTS) is 1. The van der Waals surface area contributed by atoms with Gasteiger partial charge in [0.2, 0.25) is 11.8 Å². The maximum atomic E-state index is 13.7. The van der Waals surface area contributed by atoms with E-state index in [2.05, 4.69) is 37.6 Å². The number of ether oxygens (including phenoxy) is 2. The Morgan fingerprint density at radius 3 is 2.27 bits per heavy atom. The number of nitrogens with one attached hydrogen (secondary N) is 2. The van der Waals surface area contributed by atoms with E-state index in [9.17, 15) is 14.0 Å². The summed E-state index contributed by atoms with van der Waals surface area (Å²) in [6.07, 6.45) is 5.78. The van der Waals surface area contributed by atoms with Crippen molar-refractivity contribution in [3.63, 3.8) is 0 Å². The van der Waals surface area contributed by atoms with Crippen LogP contribution in [0.2, 0.25) is 0 Å². The molecule has 2 rings (SSSR count). The first-order valence-corrected chi connectivity index (χ1v) is 14.0. The van der Waals surface area contributed by atoms with E-state index in [0.29, 0.717) is 23.8 Å². The standard InChI is InChI=1S/C29H48FN3O4.CH2O2/c1-10-12-21(20(6)30)13-18(4)32-29(35)19(5)28(37-9)24-15-22-14-23(22)33(24)26(34)16-25(36-8)27(31-7)17(3)11-2;2-1-3/h10,12,17-19,22-25,27-28,31H,1,6,11,13-16H2,2-5,7-9H3,(H,32,35);1H,(H,2,3)/b21-12-;. The van der Waals surface area contributed by atoms with Crippen LogP contribution in [-0.4, -0.2) is 85.9 Å². The highest BCUT2D eigenvalue weighted by Crippen LogP contribution is 2.50. The Hall–Kier alpha value is -2.56. The third-order valence-electron chi connectivity index (χ3n) is 8.24. The minimum atomic E-state index is -0.536. The number of hydrogen-bond donors (Lipinski definition) is 3. The lowest BCUT2D eigenvalue weighted by Crippen LogP contribution is -2.53. The van der Waals surface area contributed by atoms with E-state index in [1.807, 2.05) is 25.8 Å². The van der Waals surface area contributed by atoms with Crippen molar-refractivity contribution in [3.05, 3.63) is 36.7 Å². The molecule has 9 atom stereocenters. The maximum absolute atomic E-state index is 13.7. The summed E-state index contributed by atoms with van der Waals surface area (Å²) in [5.74, 6) is -0.343. The monoisotopic (exact) mass is 567 g/mol. The Balaban J connectivity index is 0.00000254. The van der Waals surface area contributed by atoms with Gasteiger partial charge in [-0.1, -0.05) is 52.5 Å². The third kappa shape index (κ3) is 9.52. The van der Waals surface area contributed by atoms with E-state index in [1.54, 1.807) is 20.3 Å². The predicted octanol–water partition coefficient (Wildman–Crippen LogP) is 3.86. The number of amides is 2. The van der Waals surface area contributed by atoms with Crippen LogP contribution in [0.3, 0.4) is 0 Å². The number of allylic oxidation sites excluding steroid dienone is 3. The molecule has 9 unspecified atom stereocenters. The predicted molar refractivity (Wildman–Crippen MR) is 154 cm³/mol. The minimum absolute atomic E-state index is 0.0501. The number of fused-ring (bicyclic) bond motifs is 1. The van der Waals surface area contributed by atoms with E-state index >= 15 is 0 Å². The zero-order valence-corrected chi connectivity index (χ0v) is 25.2. The van der Waals surface area contributed by atoms with Gasteiger partial charge in [0.25, 0.3) is 6.47 Å². The number of nitrogens with zero attached hydrogens (tertiary/aromatic N) is 1. The lowest BCUT2D eigenvalue weighted by Gasteiger charge is -2.37. The second-order valence-corrected chi connectivity index (χ2v) is 10.9. The van der Waals surface area contributed by atoms with Gasteiger partial charge in [-0.05, 0) is 50.6 Å². The van der Waals surface area contributed by atoms with Gasteiger partial charge < -0.3 is 30.1 Å². The zero-order chi connectivity index (χ0) is 30.6. The van der Waals surface area contributed by atoms with Crippen molar-refractivity contribution in [2.75, 3.05) is 21.3 Å². The molecule has 10 heteroatoms. The van der Waals surface area contributed by atoms with Gasteiger partial charge in [-0.15, -0.1) is 0 Å². The van der Waals surface area contributed by atoms with Crippen LogP contribution >= 0.6 is 0 Å². The SMILES string of the molecule is C=C/C=C(/CC(C)NC(=O)C(C)C(OC)C1CC2CC2N1C(=O)CC(OC)C(NC)C(C)CC)C(=C)F.O=CO. The molecule has 40 heavy (non-hydrogen) atoms. The third-order valence-corrected chi connectivity index (χ3v) is 8.24. The Kier molecular flexibility index (Phi) is 15.3. The van der Waals surface area contributed by atoms with Crippen LogP contribution in [0.5, 0.6) is 0 Å². The van der Waals surface area contributed by atoms with Crippen molar-refractivity contribution in [3.8, 4) is 0 Å². The second-order valence-electron chi connectivity index (χ2n) is 10.9. The quantitative estimate of drug-likeness (QED) is 0.192. The van der Waals surface area contributed by atoms with Gasteiger partial charge in [0, 0.05) is 32.3 Å². The van der Waals surface area contributed by atoms with Crippen molar-refractivity contribution in [2.24, 2.45) is 17.8 Å². The number of carbonyl (C=O) groups excluding carboxylic acids is 2. The van der Waals surface area contributed by atoms with E-state index in [-0.39, 0.29) is 55.0 Å². The summed E-state index contributed by atoms with van der Waals surface area (Å²) in [5.41, 5.74) is 0.399. The van der Waals surface area contributed by atoms with Crippen LogP contribution < -0.4 is 10.6 Å². The van der Waals surface area contributed by atoms with Crippen LogP contribution in [0.4, 0.5) is 4.39 Å².